The number of hydrogen-bond donors (Lipinski definition) is 0. The van der Waals surface area contributed by atoms with Crippen molar-refractivity contribution in [2.24, 2.45) is 11.3 Å². The van der Waals surface area contributed by atoms with Gasteiger partial charge in [-0.25, -0.2) is 0 Å². The average molecular weight is 230 g/mol. The van der Waals surface area contributed by atoms with Crippen molar-refractivity contribution in [1.29, 1.82) is 0 Å². The van der Waals surface area contributed by atoms with Crippen molar-refractivity contribution in [2.45, 2.75) is 54.4 Å². The number of carbonyl (C=O) groups excluding carboxylic acids is 2. The summed E-state index contributed by atoms with van der Waals surface area (Å²) in [4.78, 5) is 23.1. The second kappa shape index (κ2) is 6.66. The molecule has 0 heterocycles. The normalized spacial score (nSPS) is 16.5. The fourth-order valence-corrected chi connectivity index (χ4v) is 2.07. The van der Waals surface area contributed by atoms with Crippen molar-refractivity contribution in [3.8, 4) is 0 Å². The number of hydrogen-bond acceptors (Lipinski definition) is 3. The van der Waals surface area contributed by atoms with Crippen molar-refractivity contribution in [3.63, 3.8) is 0 Å². The fourth-order valence-electron chi connectivity index (χ4n) is 2.07. The maximum atomic E-state index is 11.9. The minimum absolute atomic E-state index is 0. The lowest BCUT2D eigenvalue weighted by atomic mass is 9.62. The molecule has 0 spiro atoms. The Kier molecular flexibility index (Phi) is 7.30. The van der Waals surface area contributed by atoms with Crippen molar-refractivity contribution in [3.05, 3.63) is 0 Å². The van der Waals surface area contributed by atoms with E-state index in [2.05, 4.69) is 4.74 Å². The molecule has 0 aromatic carbocycles. The molecular weight excluding hydrogens is 204 g/mol. The highest BCUT2D eigenvalue weighted by Gasteiger charge is 2.46. The van der Waals surface area contributed by atoms with Gasteiger partial charge in [-0.15, -0.1) is 0 Å². The summed E-state index contributed by atoms with van der Waals surface area (Å²) in [6, 6.07) is 0. The molecule has 3 heteroatoms. The summed E-state index contributed by atoms with van der Waals surface area (Å²) in [5.41, 5.74) is -0.388. The van der Waals surface area contributed by atoms with E-state index in [1.165, 1.54) is 7.11 Å². The summed E-state index contributed by atoms with van der Waals surface area (Å²) >= 11 is 0. The van der Waals surface area contributed by atoms with Crippen LogP contribution in [0.5, 0.6) is 0 Å². The molecule has 0 N–H and O–H groups in total. The molecule has 0 aromatic heterocycles. The third-order valence-corrected chi connectivity index (χ3v) is 3.07. The summed E-state index contributed by atoms with van der Waals surface area (Å²) in [7, 11) is 1.37. The van der Waals surface area contributed by atoms with E-state index < -0.39 is 0 Å². The number of carbonyl (C=O) groups is 2. The van der Waals surface area contributed by atoms with Crippen LogP contribution in [0, 0.1) is 11.3 Å². The second-order valence-electron chi connectivity index (χ2n) is 4.41. The summed E-state index contributed by atoms with van der Waals surface area (Å²) in [5, 5.41) is 0. The Morgan fingerprint density at radius 3 is 2.00 bits per heavy atom. The molecule has 1 rings (SSSR count). The van der Waals surface area contributed by atoms with Crippen LogP contribution in [0.4, 0.5) is 0 Å². The van der Waals surface area contributed by atoms with E-state index in [1.54, 1.807) is 0 Å². The zero-order valence-electron chi connectivity index (χ0n) is 9.13. The number of methoxy groups -OCH3 is 1. The van der Waals surface area contributed by atoms with Crippen molar-refractivity contribution in [1.82, 2.24) is 0 Å². The van der Waals surface area contributed by atoms with Gasteiger partial charge in [0, 0.05) is 11.3 Å². The first kappa shape index (κ1) is 17.5. The molecule has 0 radical (unpaired) electrons. The molecule has 0 unspecified atom stereocenters. The smallest absolute Gasteiger partial charge is 0.306 e. The topological polar surface area (TPSA) is 43.4 Å². The van der Waals surface area contributed by atoms with Crippen LogP contribution in [0.25, 0.3) is 0 Å². The van der Waals surface area contributed by atoms with Crippen LogP contribution >= 0.6 is 0 Å². The molecule has 1 aliphatic carbocycles. The zero-order valence-corrected chi connectivity index (χ0v) is 9.13. The van der Waals surface area contributed by atoms with Gasteiger partial charge in [-0.1, -0.05) is 35.1 Å². The third-order valence-electron chi connectivity index (χ3n) is 3.07. The maximum Gasteiger partial charge on any atom is 0.306 e. The quantitative estimate of drug-likeness (QED) is 0.696. The van der Waals surface area contributed by atoms with E-state index >= 15 is 0 Å². The Hall–Kier alpha value is -0.860. The first-order chi connectivity index (χ1) is 6.52. The molecule has 96 valence electrons. The van der Waals surface area contributed by atoms with Gasteiger partial charge in [0.15, 0.2) is 0 Å². The summed E-state index contributed by atoms with van der Waals surface area (Å²) in [6.45, 7) is 3.78. The van der Waals surface area contributed by atoms with Crippen molar-refractivity contribution < 1.29 is 14.3 Å². The van der Waals surface area contributed by atoms with E-state index in [-0.39, 0.29) is 44.4 Å². The predicted octanol–water partition coefficient (Wildman–Crippen LogP) is 3.22. The highest BCUT2D eigenvalue weighted by molar-refractivity contribution is 5.91. The minimum Gasteiger partial charge on any atom is -0.469 e. The van der Waals surface area contributed by atoms with Crippen LogP contribution < -0.4 is 0 Å². The molecule has 0 atom stereocenters. The summed E-state index contributed by atoms with van der Waals surface area (Å²) < 4.78 is 4.62. The Balaban J connectivity index is 0. The number of ketones is 1. The number of esters is 1. The number of Topliss-reactive ketones (excluding diaryl/α,β-unsaturated/α-hetero) is 1. The molecule has 1 fully saturated rings. The second-order valence-corrected chi connectivity index (χ2v) is 4.41. The molecule has 1 aliphatic rings. The first-order valence-corrected chi connectivity index (χ1v) is 5.13. The molecule has 3 nitrogen and oxygen atoms in total. The van der Waals surface area contributed by atoms with Crippen molar-refractivity contribution in [2.75, 3.05) is 7.11 Å². The Bertz CT molecular complexity index is 240. The maximum absolute atomic E-state index is 11.9. The monoisotopic (exact) mass is 230 g/mol. The van der Waals surface area contributed by atoms with Gasteiger partial charge in [-0.05, 0) is 12.8 Å². The zero-order chi connectivity index (χ0) is 10.8. The Labute approximate surface area is 99.6 Å². The van der Waals surface area contributed by atoms with Crippen molar-refractivity contribution >= 4 is 11.8 Å². The summed E-state index contributed by atoms with van der Waals surface area (Å²) in [5.74, 6) is -0.0344. The van der Waals surface area contributed by atoms with Crippen LogP contribution in [0.2, 0.25) is 0 Å². The lowest BCUT2D eigenvalue weighted by molar-refractivity contribution is -0.152. The molecule has 16 heavy (non-hydrogen) atoms. The average Bonchev–Trinajstić information content (AvgIpc) is 2.09. The van der Waals surface area contributed by atoms with Gasteiger partial charge in [-0.2, -0.15) is 0 Å². The van der Waals surface area contributed by atoms with Crippen LogP contribution in [-0.4, -0.2) is 18.9 Å². The Morgan fingerprint density at radius 1 is 1.25 bits per heavy atom. The molecule has 0 amide bonds. The standard InChI is InChI=1S/C11H18O3.2CH4/c1-8(2)10(13)11(5-4-6-11)7-9(12)14-3;;/h8H,4-7H2,1-3H3;2*1H4. The van der Waals surface area contributed by atoms with E-state index in [9.17, 15) is 9.59 Å². The first-order valence-electron chi connectivity index (χ1n) is 5.13. The van der Waals surface area contributed by atoms with E-state index in [1.807, 2.05) is 13.8 Å². The highest BCUT2D eigenvalue weighted by Crippen LogP contribution is 2.46. The highest BCUT2D eigenvalue weighted by atomic mass is 16.5. The van der Waals surface area contributed by atoms with Gasteiger partial charge >= 0.3 is 5.97 Å². The van der Waals surface area contributed by atoms with Crippen LogP contribution in [0.3, 0.4) is 0 Å². The minimum atomic E-state index is -0.388. The van der Waals surface area contributed by atoms with Crippen LogP contribution in [0.1, 0.15) is 54.4 Å². The molecule has 0 aromatic rings. The van der Waals surface area contributed by atoms with Gasteiger partial charge in [0.1, 0.15) is 5.78 Å². The van der Waals surface area contributed by atoms with Crippen LogP contribution in [0.15, 0.2) is 0 Å². The SMILES string of the molecule is C.C.COC(=O)CC1(C(=O)C(C)C)CCC1. The largest absolute Gasteiger partial charge is 0.469 e. The van der Waals surface area contributed by atoms with Gasteiger partial charge in [0.2, 0.25) is 0 Å². The third kappa shape index (κ3) is 3.32. The Morgan fingerprint density at radius 2 is 1.75 bits per heavy atom. The molecule has 0 aliphatic heterocycles. The predicted molar refractivity (Wildman–Crippen MR) is 66.2 cm³/mol. The number of ether oxygens (including phenoxy) is 1. The van der Waals surface area contributed by atoms with Gasteiger partial charge in [-0.3, -0.25) is 9.59 Å². The summed E-state index contributed by atoms with van der Waals surface area (Å²) in [6.07, 6.45) is 3.01. The molecule has 0 saturated heterocycles. The lowest BCUT2D eigenvalue weighted by Crippen LogP contribution is -2.42. The van der Waals surface area contributed by atoms with E-state index in [0.29, 0.717) is 0 Å². The van der Waals surface area contributed by atoms with E-state index in [0.717, 1.165) is 19.3 Å². The van der Waals surface area contributed by atoms with Crippen LogP contribution in [-0.2, 0) is 14.3 Å². The molecular formula is C13H26O3. The lowest BCUT2D eigenvalue weighted by Gasteiger charge is -2.40. The number of rotatable bonds is 4. The molecule has 1 saturated carbocycles. The molecule has 0 bridgehead atoms. The van der Waals surface area contributed by atoms with Gasteiger partial charge in [0.25, 0.3) is 0 Å². The van der Waals surface area contributed by atoms with Gasteiger partial charge < -0.3 is 4.74 Å². The van der Waals surface area contributed by atoms with E-state index in [4.69, 9.17) is 0 Å². The van der Waals surface area contributed by atoms with Gasteiger partial charge in [0.05, 0.1) is 13.5 Å². The fraction of sp³-hybridized carbons (Fsp3) is 0.846.